The maximum Gasteiger partial charge on any atom is 0.377 e. The predicted octanol–water partition coefficient (Wildman–Crippen LogP) is 3.77. The van der Waals surface area contributed by atoms with Crippen molar-refractivity contribution in [3.8, 4) is 0 Å². The van der Waals surface area contributed by atoms with Gasteiger partial charge in [0.25, 0.3) is 5.78 Å². The van der Waals surface area contributed by atoms with Gasteiger partial charge >= 0.3 is 5.97 Å². The van der Waals surface area contributed by atoms with Crippen molar-refractivity contribution in [2.24, 2.45) is 11.8 Å². The van der Waals surface area contributed by atoms with Gasteiger partial charge in [-0.05, 0) is 42.5 Å². The molecule has 0 spiro atoms. The number of Topliss-reactive ketones (excluding diaryl/α,β-unsaturated/α-hetero) is 2. The Balaban J connectivity index is 2.36. The molecule has 0 aromatic heterocycles. The summed E-state index contributed by atoms with van der Waals surface area (Å²) in [5.41, 5.74) is 0.276. The summed E-state index contributed by atoms with van der Waals surface area (Å²) in [6, 6.07) is 6.62. The van der Waals surface area contributed by atoms with E-state index in [0.717, 1.165) is 12.8 Å². The molecule has 4 nitrogen and oxygen atoms in total. The largest absolute Gasteiger partial charge is 0.475 e. The zero-order chi connectivity index (χ0) is 17.0. The third-order valence-electron chi connectivity index (χ3n) is 4.17. The van der Waals surface area contributed by atoms with Crippen LogP contribution in [0.1, 0.15) is 38.2 Å². The molecule has 0 heterocycles. The van der Waals surface area contributed by atoms with E-state index in [0.29, 0.717) is 29.3 Å². The molecule has 1 aliphatic rings. The first-order valence-corrected chi connectivity index (χ1v) is 8.05. The highest BCUT2D eigenvalue weighted by atomic mass is 35.5. The summed E-state index contributed by atoms with van der Waals surface area (Å²) < 4.78 is 0. The predicted molar refractivity (Wildman–Crippen MR) is 88.2 cm³/mol. The van der Waals surface area contributed by atoms with Gasteiger partial charge in [0.05, 0.1) is 5.57 Å². The van der Waals surface area contributed by atoms with Gasteiger partial charge in [-0.25, -0.2) is 4.79 Å². The molecule has 122 valence electrons. The molecule has 1 aromatic carbocycles. The van der Waals surface area contributed by atoms with Crippen molar-refractivity contribution < 1.29 is 19.5 Å². The highest BCUT2D eigenvalue weighted by molar-refractivity contribution is 6.48. The van der Waals surface area contributed by atoms with Crippen molar-refractivity contribution in [3.05, 3.63) is 40.4 Å². The molecule has 1 N–H and O–H groups in total. The molecule has 2 rings (SSSR count). The zero-order valence-corrected chi connectivity index (χ0v) is 13.7. The molecule has 2 atom stereocenters. The molecular formula is C18H19ClO4. The Morgan fingerprint density at radius 2 is 2.00 bits per heavy atom. The number of hydrogen-bond acceptors (Lipinski definition) is 3. The van der Waals surface area contributed by atoms with Crippen LogP contribution in [-0.4, -0.2) is 22.6 Å². The Labute approximate surface area is 140 Å². The summed E-state index contributed by atoms with van der Waals surface area (Å²) in [6.07, 6.45) is 4.71. The molecule has 5 heteroatoms. The van der Waals surface area contributed by atoms with E-state index in [1.165, 1.54) is 6.08 Å². The number of carboxylic acid groups (broad SMARTS) is 1. The van der Waals surface area contributed by atoms with Crippen LogP contribution >= 0.6 is 11.6 Å². The molecule has 0 aliphatic heterocycles. The highest BCUT2D eigenvalue weighted by Crippen LogP contribution is 2.31. The first kappa shape index (κ1) is 17.4. The second-order valence-electron chi connectivity index (χ2n) is 6.08. The summed E-state index contributed by atoms with van der Waals surface area (Å²) in [6.45, 7) is 2.07. The second-order valence-corrected chi connectivity index (χ2v) is 6.52. The molecule has 0 radical (unpaired) electrons. The molecule has 0 amide bonds. The smallest absolute Gasteiger partial charge is 0.377 e. The summed E-state index contributed by atoms with van der Waals surface area (Å²) in [5.74, 6) is -3.02. The van der Waals surface area contributed by atoms with Crippen LogP contribution in [0.2, 0.25) is 5.02 Å². The monoisotopic (exact) mass is 334 g/mol. The van der Waals surface area contributed by atoms with Crippen LogP contribution < -0.4 is 0 Å². The Bertz CT molecular complexity index is 663. The van der Waals surface area contributed by atoms with E-state index in [9.17, 15) is 14.4 Å². The minimum atomic E-state index is -1.62. The van der Waals surface area contributed by atoms with Crippen molar-refractivity contribution in [2.75, 3.05) is 0 Å². The lowest BCUT2D eigenvalue weighted by Gasteiger charge is -2.25. The maximum absolute atomic E-state index is 12.7. The van der Waals surface area contributed by atoms with Gasteiger partial charge in [0.15, 0.2) is 5.78 Å². The molecule has 0 bridgehead atoms. The normalized spacial score (nSPS) is 21.7. The topological polar surface area (TPSA) is 71.4 Å². The van der Waals surface area contributed by atoms with E-state index in [1.807, 2.05) is 0 Å². The standard InChI is InChI=1S/C18H19ClO4/c1-11-4-2-6-13(8-11)16(20)15(17(21)18(22)23)10-12-5-3-7-14(19)9-12/h3,5,7,9-11,13H,2,4,6,8H2,1H3,(H,22,23)/b15-10-/t11-,13-/m1/s1. The first-order valence-electron chi connectivity index (χ1n) is 7.67. The molecule has 1 aromatic rings. The van der Waals surface area contributed by atoms with Gasteiger partial charge < -0.3 is 5.11 Å². The van der Waals surface area contributed by atoms with Crippen LogP contribution in [-0.2, 0) is 14.4 Å². The molecular weight excluding hydrogens is 316 g/mol. The van der Waals surface area contributed by atoms with E-state index >= 15 is 0 Å². The summed E-state index contributed by atoms with van der Waals surface area (Å²) in [4.78, 5) is 35.8. The quantitative estimate of drug-likeness (QED) is 0.385. The molecule has 1 fully saturated rings. The third-order valence-corrected chi connectivity index (χ3v) is 4.41. The number of rotatable bonds is 5. The number of benzene rings is 1. The Morgan fingerprint density at radius 3 is 2.61 bits per heavy atom. The van der Waals surface area contributed by atoms with E-state index in [1.54, 1.807) is 24.3 Å². The lowest BCUT2D eigenvalue weighted by Crippen LogP contribution is -2.29. The number of carbonyl (C=O) groups is 3. The van der Waals surface area contributed by atoms with Crippen molar-refractivity contribution in [3.63, 3.8) is 0 Å². The zero-order valence-electron chi connectivity index (χ0n) is 12.9. The molecule has 0 unspecified atom stereocenters. The lowest BCUT2D eigenvalue weighted by molar-refractivity contribution is -0.148. The molecule has 1 saturated carbocycles. The maximum atomic E-state index is 12.7. The molecule has 1 aliphatic carbocycles. The van der Waals surface area contributed by atoms with Crippen LogP contribution in [0.5, 0.6) is 0 Å². The van der Waals surface area contributed by atoms with E-state index in [4.69, 9.17) is 16.7 Å². The van der Waals surface area contributed by atoms with Crippen molar-refractivity contribution in [2.45, 2.75) is 32.6 Å². The number of hydrogen-bond donors (Lipinski definition) is 1. The third kappa shape index (κ3) is 4.52. The Kier molecular flexibility index (Phi) is 5.72. The second kappa shape index (κ2) is 7.55. The number of aliphatic carboxylic acids is 1. The van der Waals surface area contributed by atoms with Crippen LogP contribution in [0.25, 0.3) is 6.08 Å². The van der Waals surface area contributed by atoms with Gasteiger partial charge in [0, 0.05) is 10.9 Å². The molecule has 0 saturated heterocycles. The fourth-order valence-electron chi connectivity index (χ4n) is 3.02. The minimum absolute atomic E-state index is 0.265. The van der Waals surface area contributed by atoms with E-state index in [2.05, 4.69) is 6.92 Å². The SMILES string of the molecule is C[C@@H]1CCC[C@@H](C(=O)/C(=C/c2cccc(Cl)c2)C(=O)C(=O)O)C1. The van der Waals surface area contributed by atoms with Crippen LogP contribution in [0, 0.1) is 11.8 Å². The average Bonchev–Trinajstić information content (AvgIpc) is 2.51. The number of ketones is 2. The van der Waals surface area contributed by atoms with E-state index < -0.39 is 11.8 Å². The van der Waals surface area contributed by atoms with Crippen molar-refractivity contribution in [1.29, 1.82) is 0 Å². The summed E-state index contributed by atoms with van der Waals surface area (Å²) >= 11 is 5.90. The highest BCUT2D eigenvalue weighted by Gasteiger charge is 2.32. The minimum Gasteiger partial charge on any atom is -0.475 e. The number of carboxylic acids is 1. The van der Waals surface area contributed by atoms with Crippen LogP contribution in [0.3, 0.4) is 0 Å². The summed E-state index contributed by atoms with van der Waals surface area (Å²) in [7, 11) is 0. The van der Waals surface area contributed by atoms with Gasteiger partial charge in [0.1, 0.15) is 0 Å². The van der Waals surface area contributed by atoms with Gasteiger partial charge in [0.2, 0.25) is 0 Å². The van der Waals surface area contributed by atoms with Crippen molar-refractivity contribution in [1.82, 2.24) is 0 Å². The Morgan fingerprint density at radius 1 is 1.26 bits per heavy atom. The molecule has 23 heavy (non-hydrogen) atoms. The van der Waals surface area contributed by atoms with Gasteiger partial charge in [-0.1, -0.05) is 43.5 Å². The Hall–Kier alpha value is -1.94. The fourth-order valence-corrected chi connectivity index (χ4v) is 3.22. The lowest BCUT2D eigenvalue weighted by atomic mass is 9.78. The van der Waals surface area contributed by atoms with Gasteiger partial charge in [-0.15, -0.1) is 0 Å². The average molecular weight is 335 g/mol. The fraction of sp³-hybridized carbons (Fsp3) is 0.389. The van der Waals surface area contributed by atoms with Crippen LogP contribution in [0.4, 0.5) is 0 Å². The summed E-state index contributed by atoms with van der Waals surface area (Å²) in [5, 5.41) is 9.47. The van der Waals surface area contributed by atoms with E-state index in [-0.39, 0.29) is 17.3 Å². The van der Waals surface area contributed by atoms with Crippen molar-refractivity contribution >= 4 is 35.2 Å². The number of halogens is 1. The van der Waals surface area contributed by atoms with Gasteiger partial charge in [-0.3, -0.25) is 9.59 Å². The number of carbonyl (C=O) groups excluding carboxylic acids is 2. The van der Waals surface area contributed by atoms with Crippen LogP contribution in [0.15, 0.2) is 29.8 Å². The first-order chi connectivity index (χ1) is 10.9. The van der Waals surface area contributed by atoms with Gasteiger partial charge in [-0.2, -0.15) is 0 Å².